The van der Waals surface area contributed by atoms with Crippen molar-refractivity contribution in [3.63, 3.8) is 0 Å². The Kier molecular flexibility index (Phi) is 31.0. The summed E-state index contributed by atoms with van der Waals surface area (Å²) in [5.74, 6) is 0. The fraction of sp³-hybridized carbons (Fsp3) is 0.900. The summed E-state index contributed by atoms with van der Waals surface area (Å²) in [5, 5.41) is 2.18. The summed E-state index contributed by atoms with van der Waals surface area (Å²) in [7, 11) is 0. The zero-order valence-corrected chi connectivity index (χ0v) is 17.6. The quantitative estimate of drug-likeness (QED) is 0.456. The Balaban J connectivity index is -0.000000496. The smallest absolute Gasteiger partial charge is 0.0453 e. The van der Waals surface area contributed by atoms with Crippen molar-refractivity contribution in [1.82, 2.24) is 16.0 Å². The van der Waals surface area contributed by atoms with Gasteiger partial charge in [0.1, 0.15) is 0 Å². The molecule has 0 bridgehead atoms. The molecule has 0 aliphatic carbocycles. The predicted octanol–water partition coefficient (Wildman–Crippen LogP) is 6.78. The van der Waals surface area contributed by atoms with E-state index in [0.29, 0.717) is 0 Å². The molecule has 0 spiro atoms. The Bertz CT molecular complexity index is 215. The molecule has 0 aromatic carbocycles. The van der Waals surface area contributed by atoms with Crippen LogP contribution < -0.4 is 11.0 Å². The molecule has 3 heteroatoms. The molecular weight excluding hydrogens is 282 g/mol. The highest BCUT2D eigenvalue weighted by Gasteiger charge is 2.09. The SMILES string of the molecule is CC.CC.CCC.CCCCCCN1C=C(CCCCC)NN1. The molecule has 1 aliphatic heterocycles. The molecule has 0 fully saturated rings. The Morgan fingerprint density at radius 2 is 1.30 bits per heavy atom. The van der Waals surface area contributed by atoms with E-state index in [1.165, 1.54) is 63.5 Å². The minimum Gasteiger partial charge on any atom is -0.306 e. The minimum absolute atomic E-state index is 1.12. The molecule has 1 rings (SSSR count). The molecule has 0 radical (unpaired) electrons. The van der Waals surface area contributed by atoms with Gasteiger partial charge >= 0.3 is 0 Å². The second-order valence-electron chi connectivity index (χ2n) is 5.31. The molecule has 0 unspecified atom stereocenters. The Labute approximate surface area is 148 Å². The summed E-state index contributed by atoms with van der Waals surface area (Å²) in [6.07, 6.45) is 13.8. The first-order chi connectivity index (χ1) is 11.3. The lowest BCUT2D eigenvalue weighted by molar-refractivity contribution is 0.264. The number of unbranched alkanes of at least 4 members (excludes halogenated alkanes) is 5. The Morgan fingerprint density at radius 3 is 1.83 bits per heavy atom. The van der Waals surface area contributed by atoms with Gasteiger partial charge < -0.3 is 5.43 Å². The zero-order chi connectivity index (χ0) is 18.3. The summed E-state index contributed by atoms with van der Waals surface area (Å²) >= 11 is 0. The molecule has 23 heavy (non-hydrogen) atoms. The maximum Gasteiger partial charge on any atom is 0.0453 e. The van der Waals surface area contributed by atoms with Crippen LogP contribution in [0.4, 0.5) is 0 Å². The van der Waals surface area contributed by atoms with Crippen LogP contribution in [0.15, 0.2) is 11.9 Å². The van der Waals surface area contributed by atoms with Gasteiger partial charge in [0.05, 0.1) is 0 Å². The molecule has 1 aliphatic rings. The van der Waals surface area contributed by atoms with E-state index >= 15 is 0 Å². The van der Waals surface area contributed by atoms with Crippen LogP contribution in [0.1, 0.15) is 113 Å². The van der Waals surface area contributed by atoms with Gasteiger partial charge in [-0.2, -0.15) is 0 Å². The van der Waals surface area contributed by atoms with Crippen LogP contribution in [0, 0.1) is 0 Å². The average molecular weight is 330 g/mol. The van der Waals surface area contributed by atoms with E-state index in [-0.39, 0.29) is 0 Å². The van der Waals surface area contributed by atoms with E-state index in [4.69, 9.17) is 0 Å². The van der Waals surface area contributed by atoms with Crippen molar-refractivity contribution in [1.29, 1.82) is 0 Å². The average Bonchev–Trinajstić information content (AvgIpc) is 3.04. The van der Waals surface area contributed by atoms with E-state index in [1.54, 1.807) is 0 Å². The molecule has 0 saturated heterocycles. The van der Waals surface area contributed by atoms with Gasteiger partial charge in [-0.1, -0.05) is 93.9 Å². The molecule has 3 nitrogen and oxygen atoms in total. The summed E-state index contributed by atoms with van der Waals surface area (Å²) in [4.78, 5) is 0. The minimum atomic E-state index is 1.12. The summed E-state index contributed by atoms with van der Waals surface area (Å²) in [6.45, 7) is 17.9. The van der Waals surface area contributed by atoms with Gasteiger partial charge in [-0.05, 0) is 19.3 Å². The molecule has 0 atom stereocenters. The van der Waals surface area contributed by atoms with Crippen LogP contribution in [-0.4, -0.2) is 11.6 Å². The molecule has 0 amide bonds. The van der Waals surface area contributed by atoms with Gasteiger partial charge in [0.2, 0.25) is 0 Å². The van der Waals surface area contributed by atoms with Crippen LogP contribution in [0.5, 0.6) is 0 Å². The van der Waals surface area contributed by atoms with Crippen LogP contribution >= 0.6 is 0 Å². The largest absolute Gasteiger partial charge is 0.306 e. The van der Waals surface area contributed by atoms with E-state index in [2.05, 4.69) is 49.9 Å². The summed E-state index contributed by atoms with van der Waals surface area (Å²) in [5.41, 5.74) is 7.78. The second-order valence-corrected chi connectivity index (χ2v) is 5.31. The molecule has 142 valence electrons. The second kappa shape index (κ2) is 26.2. The van der Waals surface area contributed by atoms with Crippen molar-refractivity contribution in [3.05, 3.63) is 11.9 Å². The first-order valence-electron chi connectivity index (χ1n) is 10.3. The molecule has 1 heterocycles. The summed E-state index contributed by atoms with van der Waals surface area (Å²) < 4.78 is 0. The van der Waals surface area contributed by atoms with Crippen LogP contribution in [0.2, 0.25) is 0 Å². The van der Waals surface area contributed by atoms with Crippen molar-refractivity contribution in [2.45, 2.75) is 113 Å². The van der Waals surface area contributed by atoms with Crippen LogP contribution in [0.25, 0.3) is 0 Å². The Hall–Kier alpha value is -0.700. The highest BCUT2D eigenvalue weighted by molar-refractivity contribution is 5.01. The number of nitrogens with one attached hydrogen (secondary N) is 2. The van der Waals surface area contributed by atoms with Gasteiger partial charge in [-0.3, -0.25) is 5.01 Å². The third-order valence-corrected chi connectivity index (χ3v) is 2.97. The molecule has 0 aromatic heterocycles. The third-order valence-electron chi connectivity index (χ3n) is 2.97. The first-order valence-corrected chi connectivity index (χ1v) is 10.3. The molecule has 2 N–H and O–H groups in total. The van der Waals surface area contributed by atoms with E-state index in [1.807, 2.05) is 27.7 Å². The molecule has 0 saturated carbocycles. The first kappa shape index (κ1) is 27.2. The topological polar surface area (TPSA) is 27.3 Å². The number of hydrogen-bond acceptors (Lipinski definition) is 3. The summed E-state index contributed by atoms with van der Waals surface area (Å²) in [6, 6.07) is 0. The number of hydrazine groups is 2. The van der Waals surface area contributed by atoms with Crippen molar-refractivity contribution < 1.29 is 0 Å². The fourth-order valence-electron chi connectivity index (χ4n) is 1.92. The highest BCUT2D eigenvalue weighted by atomic mass is 15.7. The number of rotatable bonds is 9. The monoisotopic (exact) mass is 329 g/mol. The van der Waals surface area contributed by atoms with Crippen molar-refractivity contribution in [3.8, 4) is 0 Å². The van der Waals surface area contributed by atoms with E-state index < -0.39 is 0 Å². The van der Waals surface area contributed by atoms with Gasteiger partial charge in [-0.15, -0.1) is 5.53 Å². The van der Waals surface area contributed by atoms with Gasteiger partial charge in [0, 0.05) is 18.4 Å². The maximum atomic E-state index is 3.24. The highest BCUT2D eigenvalue weighted by Crippen LogP contribution is 2.10. The van der Waals surface area contributed by atoms with E-state index in [9.17, 15) is 0 Å². The van der Waals surface area contributed by atoms with Crippen LogP contribution in [0.3, 0.4) is 0 Å². The van der Waals surface area contributed by atoms with Crippen molar-refractivity contribution >= 4 is 0 Å². The fourth-order valence-corrected chi connectivity index (χ4v) is 1.92. The number of hydrogen-bond donors (Lipinski definition) is 2. The standard InChI is InChI=1S/C13H27N3.C3H8.2C2H6/c1-3-5-7-9-11-16-12-13(14-15-16)10-8-6-4-2;1-3-2;2*1-2/h12,14-15H,3-11H2,1-2H3;3H2,1-2H3;2*1-2H3. The van der Waals surface area contributed by atoms with Crippen molar-refractivity contribution in [2.24, 2.45) is 0 Å². The maximum absolute atomic E-state index is 3.24. The third kappa shape index (κ3) is 21.3. The molecular formula is C20H47N3. The lowest BCUT2D eigenvalue weighted by Crippen LogP contribution is -2.36. The van der Waals surface area contributed by atoms with Gasteiger partial charge in [-0.25, -0.2) is 0 Å². The molecule has 0 aromatic rings. The van der Waals surface area contributed by atoms with Gasteiger partial charge in [0.15, 0.2) is 0 Å². The van der Waals surface area contributed by atoms with Gasteiger partial charge in [0.25, 0.3) is 0 Å². The predicted molar refractivity (Wildman–Crippen MR) is 108 cm³/mol. The van der Waals surface area contributed by atoms with Crippen LogP contribution in [-0.2, 0) is 0 Å². The number of allylic oxidation sites excluding steroid dienone is 1. The number of nitrogens with zero attached hydrogens (tertiary/aromatic N) is 1. The van der Waals surface area contributed by atoms with E-state index in [0.717, 1.165) is 6.54 Å². The normalized spacial score (nSPS) is 11.8. The lowest BCUT2D eigenvalue weighted by atomic mass is 10.2. The Morgan fingerprint density at radius 1 is 0.783 bits per heavy atom. The van der Waals surface area contributed by atoms with Crippen molar-refractivity contribution in [2.75, 3.05) is 6.54 Å². The zero-order valence-electron chi connectivity index (χ0n) is 17.6. The lowest BCUT2D eigenvalue weighted by Gasteiger charge is -2.14.